The quantitative estimate of drug-likeness (QED) is 0.930. The minimum Gasteiger partial charge on any atom is -0.346 e. The van der Waals surface area contributed by atoms with Gasteiger partial charge in [0.05, 0.1) is 12.1 Å². The molecule has 0 bridgehead atoms. The smallest absolute Gasteiger partial charge is 0.253 e. The van der Waals surface area contributed by atoms with Crippen molar-refractivity contribution >= 4 is 5.91 Å². The Balaban J connectivity index is 2.12. The summed E-state index contributed by atoms with van der Waals surface area (Å²) in [7, 11) is 0. The van der Waals surface area contributed by atoms with Gasteiger partial charge in [0.25, 0.3) is 5.91 Å². The number of hydrogen-bond donors (Lipinski definition) is 1. The lowest BCUT2D eigenvalue weighted by Gasteiger charge is -2.13. The maximum atomic E-state index is 12.2. The molecule has 1 amide bonds. The van der Waals surface area contributed by atoms with Crippen LogP contribution in [0.5, 0.6) is 0 Å². The third kappa shape index (κ3) is 2.74. The average molecular weight is 276 g/mol. The number of aryl methyl sites for hydroxylation is 2. The number of hydrogen-bond acceptors (Lipinski definition) is 4. The van der Waals surface area contributed by atoms with Crippen molar-refractivity contribution in [3.8, 4) is 0 Å². The van der Waals surface area contributed by atoms with Gasteiger partial charge in [-0.3, -0.25) is 4.79 Å². The van der Waals surface area contributed by atoms with Crippen molar-refractivity contribution in [2.24, 2.45) is 0 Å². The van der Waals surface area contributed by atoms with Gasteiger partial charge in [0.2, 0.25) is 5.89 Å². The molecule has 0 spiro atoms. The van der Waals surface area contributed by atoms with E-state index in [9.17, 15) is 4.79 Å². The molecule has 2 heterocycles. The Morgan fingerprint density at radius 2 is 2.10 bits per heavy atom. The predicted octanol–water partition coefficient (Wildman–Crippen LogP) is 2.31. The molecule has 0 fully saturated rings. The lowest BCUT2D eigenvalue weighted by molar-refractivity contribution is 0.0949. The summed E-state index contributed by atoms with van der Waals surface area (Å²) >= 11 is 0. The molecular formula is C14H20N4O2. The largest absolute Gasteiger partial charge is 0.346 e. The maximum absolute atomic E-state index is 12.2. The zero-order valence-corrected chi connectivity index (χ0v) is 12.5. The standard InChI is InChI=1S/C14H20N4O2/c1-8(2)18-9(3)6-12(10(18)4)14(19)15-7-13-16-11(5)20-17-13/h6,8H,7H2,1-5H3,(H,15,19). The minimum absolute atomic E-state index is 0.118. The monoisotopic (exact) mass is 276 g/mol. The first-order chi connectivity index (χ1) is 9.40. The van der Waals surface area contributed by atoms with Crippen LogP contribution in [0.1, 0.15) is 53.4 Å². The Bertz CT molecular complexity index is 625. The zero-order valence-electron chi connectivity index (χ0n) is 12.5. The molecule has 0 aromatic carbocycles. The van der Waals surface area contributed by atoms with Crippen LogP contribution in [0, 0.1) is 20.8 Å². The van der Waals surface area contributed by atoms with Gasteiger partial charge in [-0.05, 0) is 33.8 Å². The fourth-order valence-electron chi connectivity index (χ4n) is 2.47. The van der Waals surface area contributed by atoms with E-state index in [1.807, 2.05) is 19.9 Å². The first-order valence-electron chi connectivity index (χ1n) is 6.66. The number of carbonyl (C=O) groups is 1. The molecule has 0 saturated carbocycles. The molecule has 2 aromatic rings. The van der Waals surface area contributed by atoms with E-state index in [-0.39, 0.29) is 12.5 Å². The Hall–Kier alpha value is -2.11. The molecule has 1 N–H and O–H groups in total. The van der Waals surface area contributed by atoms with Crippen LogP contribution in [-0.4, -0.2) is 20.6 Å². The maximum Gasteiger partial charge on any atom is 0.253 e. The van der Waals surface area contributed by atoms with Gasteiger partial charge in [0.15, 0.2) is 5.82 Å². The highest BCUT2D eigenvalue weighted by Gasteiger charge is 2.17. The lowest BCUT2D eigenvalue weighted by atomic mass is 10.2. The topological polar surface area (TPSA) is 73.0 Å². The second kappa shape index (κ2) is 5.48. The van der Waals surface area contributed by atoms with Crippen LogP contribution in [0.2, 0.25) is 0 Å². The first-order valence-corrected chi connectivity index (χ1v) is 6.66. The number of aromatic nitrogens is 3. The Morgan fingerprint density at radius 3 is 2.60 bits per heavy atom. The van der Waals surface area contributed by atoms with Crippen molar-refractivity contribution < 1.29 is 9.32 Å². The van der Waals surface area contributed by atoms with Crippen molar-refractivity contribution in [2.75, 3.05) is 0 Å². The molecule has 2 rings (SSSR count). The summed E-state index contributed by atoms with van der Waals surface area (Å²) in [4.78, 5) is 16.3. The Morgan fingerprint density at radius 1 is 1.40 bits per heavy atom. The van der Waals surface area contributed by atoms with Crippen LogP contribution in [-0.2, 0) is 6.54 Å². The molecule has 0 aliphatic rings. The van der Waals surface area contributed by atoms with Gasteiger partial charge in [-0.1, -0.05) is 5.16 Å². The van der Waals surface area contributed by atoms with Crippen LogP contribution >= 0.6 is 0 Å². The summed E-state index contributed by atoms with van der Waals surface area (Å²) < 4.78 is 7.01. The Kier molecular flexibility index (Phi) is 3.92. The first kappa shape index (κ1) is 14.3. The number of amides is 1. The van der Waals surface area contributed by atoms with Gasteiger partial charge < -0.3 is 14.4 Å². The minimum atomic E-state index is -0.118. The third-order valence-electron chi connectivity index (χ3n) is 3.22. The van der Waals surface area contributed by atoms with Crippen molar-refractivity contribution in [3.63, 3.8) is 0 Å². The van der Waals surface area contributed by atoms with Gasteiger partial charge in [0, 0.05) is 24.4 Å². The fraction of sp³-hybridized carbons (Fsp3) is 0.500. The van der Waals surface area contributed by atoms with E-state index in [1.54, 1.807) is 6.92 Å². The van der Waals surface area contributed by atoms with Crippen molar-refractivity contribution in [1.82, 2.24) is 20.0 Å². The summed E-state index contributed by atoms with van der Waals surface area (Å²) in [6.07, 6.45) is 0. The van der Waals surface area contributed by atoms with E-state index in [1.165, 1.54) is 0 Å². The SMILES string of the molecule is Cc1nc(CNC(=O)c2cc(C)n(C(C)C)c2C)no1. The number of carbonyl (C=O) groups excluding carboxylic acids is 1. The molecule has 0 aliphatic heterocycles. The second-order valence-corrected chi connectivity index (χ2v) is 5.16. The molecule has 108 valence electrons. The van der Waals surface area contributed by atoms with Crippen LogP contribution < -0.4 is 5.32 Å². The van der Waals surface area contributed by atoms with Crippen molar-refractivity contribution in [1.29, 1.82) is 0 Å². The van der Waals surface area contributed by atoms with Crippen molar-refractivity contribution in [3.05, 3.63) is 34.7 Å². The highest BCUT2D eigenvalue weighted by molar-refractivity contribution is 5.95. The van der Waals surface area contributed by atoms with Gasteiger partial charge in [-0.25, -0.2) is 0 Å². The molecule has 0 atom stereocenters. The second-order valence-electron chi connectivity index (χ2n) is 5.16. The normalized spacial score (nSPS) is 11.1. The highest BCUT2D eigenvalue weighted by atomic mass is 16.5. The molecule has 2 aromatic heterocycles. The van der Waals surface area contributed by atoms with E-state index in [0.29, 0.717) is 23.3 Å². The number of nitrogens with one attached hydrogen (secondary N) is 1. The van der Waals surface area contributed by atoms with E-state index >= 15 is 0 Å². The zero-order chi connectivity index (χ0) is 14.9. The summed E-state index contributed by atoms with van der Waals surface area (Å²) in [6, 6.07) is 2.24. The van der Waals surface area contributed by atoms with Crippen LogP contribution in [0.4, 0.5) is 0 Å². The van der Waals surface area contributed by atoms with Crippen LogP contribution in [0.25, 0.3) is 0 Å². The van der Waals surface area contributed by atoms with E-state index in [0.717, 1.165) is 11.4 Å². The third-order valence-corrected chi connectivity index (χ3v) is 3.22. The van der Waals surface area contributed by atoms with Gasteiger partial charge >= 0.3 is 0 Å². The molecular weight excluding hydrogens is 256 g/mol. The number of nitrogens with zero attached hydrogens (tertiary/aromatic N) is 3. The highest BCUT2D eigenvalue weighted by Crippen LogP contribution is 2.20. The van der Waals surface area contributed by atoms with Crippen molar-refractivity contribution in [2.45, 2.75) is 47.2 Å². The molecule has 0 radical (unpaired) electrons. The summed E-state index contributed by atoms with van der Waals surface area (Å²) in [5.74, 6) is 0.855. The average Bonchev–Trinajstić information content (AvgIpc) is 2.90. The molecule has 6 nitrogen and oxygen atoms in total. The number of rotatable bonds is 4. The van der Waals surface area contributed by atoms with Gasteiger partial charge in [-0.2, -0.15) is 4.98 Å². The molecule has 20 heavy (non-hydrogen) atoms. The van der Waals surface area contributed by atoms with Gasteiger partial charge in [0.1, 0.15) is 0 Å². The summed E-state index contributed by atoms with van der Waals surface area (Å²) in [6.45, 7) is 10.1. The molecule has 0 saturated heterocycles. The van der Waals surface area contributed by atoms with Crippen LogP contribution in [0.15, 0.2) is 10.6 Å². The summed E-state index contributed by atoms with van der Waals surface area (Å²) in [5.41, 5.74) is 2.74. The summed E-state index contributed by atoms with van der Waals surface area (Å²) in [5, 5.41) is 6.56. The van der Waals surface area contributed by atoms with Gasteiger partial charge in [-0.15, -0.1) is 0 Å². The lowest BCUT2D eigenvalue weighted by Crippen LogP contribution is -2.24. The van der Waals surface area contributed by atoms with E-state index in [2.05, 4.69) is 33.9 Å². The molecule has 0 unspecified atom stereocenters. The fourth-order valence-corrected chi connectivity index (χ4v) is 2.47. The molecule has 0 aliphatic carbocycles. The molecule has 6 heteroatoms. The predicted molar refractivity (Wildman–Crippen MR) is 74.5 cm³/mol. The Labute approximate surface area is 118 Å². The van der Waals surface area contributed by atoms with Crippen LogP contribution in [0.3, 0.4) is 0 Å². The van der Waals surface area contributed by atoms with E-state index < -0.39 is 0 Å². The van der Waals surface area contributed by atoms with E-state index in [4.69, 9.17) is 4.52 Å².